The van der Waals surface area contributed by atoms with Crippen molar-refractivity contribution in [1.82, 2.24) is 0 Å². The zero-order valence-corrected chi connectivity index (χ0v) is 11.7. The third-order valence-electron chi connectivity index (χ3n) is 3.26. The maximum atomic E-state index is 12.8. The predicted molar refractivity (Wildman–Crippen MR) is 72.6 cm³/mol. The van der Waals surface area contributed by atoms with E-state index in [0.717, 1.165) is 12.1 Å². The van der Waals surface area contributed by atoms with Gasteiger partial charge in [-0.3, -0.25) is 14.3 Å². The van der Waals surface area contributed by atoms with E-state index in [1.165, 1.54) is 6.07 Å². The number of nitro groups is 1. The van der Waals surface area contributed by atoms with Gasteiger partial charge in [-0.1, -0.05) is 0 Å². The first-order chi connectivity index (χ1) is 9.77. The van der Waals surface area contributed by atoms with Crippen LogP contribution >= 0.6 is 0 Å². The molecular formula is C12H13F3N2O3S. The standard InChI is InChI=1S/C12H13F3N2O3S/c13-12(14,15)10-7-9(1-2-11(10)17(18)19)16-8-3-5-21(20)6-4-8/h1-2,7-8,16H,3-6H2. The molecule has 0 radical (unpaired) electrons. The molecular weight excluding hydrogens is 309 g/mol. The molecule has 1 N–H and O–H groups in total. The van der Waals surface area contributed by atoms with Gasteiger partial charge in [0.1, 0.15) is 5.56 Å². The molecule has 1 aliphatic rings. The lowest BCUT2D eigenvalue weighted by molar-refractivity contribution is -0.388. The molecule has 1 aromatic carbocycles. The molecule has 0 unspecified atom stereocenters. The number of nitrogens with one attached hydrogen (secondary N) is 1. The molecule has 0 atom stereocenters. The number of alkyl halides is 3. The molecule has 0 amide bonds. The number of hydrogen-bond acceptors (Lipinski definition) is 4. The zero-order chi connectivity index (χ0) is 15.6. The average Bonchev–Trinajstić information content (AvgIpc) is 2.40. The zero-order valence-electron chi connectivity index (χ0n) is 10.9. The number of halogens is 3. The Bertz CT molecular complexity index is 567. The van der Waals surface area contributed by atoms with Crippen LogP contribution in [0.2, 0.25) is 0 Å². The smallest absolute Gasteiger partial charge is 0.382 e. The number of nitro benzene ring substituents is 1. The van der Waals surface area contributed by atoms with Gasteiger partial charge in [-0.2, -0.15) is 13.2 Å². The molecule has 1 heterocycles. The number of rotatable bonds is 3. The van der Waals surface area contributed by atoms with Crippen LogP contribution in [0, 0.1) is 10.1 Å². The van der Waals surface area contributed by atoms with E-state index in [9.17, 15) is 27.5 Å². The van der Waals surface area contributed by atoms with Crippen LogP contribution < -0.4 is 5.32 Å². The Hall–Kier alpha value is -1.64. The first-order valence-electron chi connectivity index (χ1n) is 6.24. The Labute approximate surface area is 121 Å². The summed E-state index contributed by atoms with van der Waals surface area (Å²) in [6.45, 7) is 0. The van der Waals surface area contributed by atoms with E-state index in [2.05, 4.69) is 5.32 Å². The maximum absolute atomic E-state index is 12.8. The van der Waals surface area contributed by atoms with E-state index in [1.54, 1.807) is 0 Å². The van der Waals surface area contributed by atoms with Crippen molar-refractivity contribution in [1.29, 1.82) is 0 Å². The molecule has 0 bridgehead atoms. The Morgan fingerprint density at radius 2 is 1.90 bits per heavy atom. The summed E-state index contributed by atoms with van der Waals surface area (Å²) >= 11 is 0. The number of anilines is 1. The van der Waals surface area contributed by atoms with Gasteiger partial charge in [-0.15, -0.1) is 0 Å². The van der Waals surface area contributed by atoms with Gasteiger partial charge in [-0.25, -0.2) is 0 Å². The van der Waals surface area contributed by atoms with Crippen LogP contribution in [-0.4, -0.2) is 26.7 Å². The second-order valence-corrected chi connectivity index (χ2v) is 6.45. The Balaban J connectivity index is 2.21. The van der Waals surface area contributed by atoms with Crippen molar-refractivity contribution in [2.45, 2.75) is 25.1 Å². The van der Waals surface area contributed by atoms with Crippen molar-refractivity contribution in [2.75, 3.05) is 16.8 Å². The molecule has 1 fully saturated rings. The molecule has 2 rings (SSSR count). The second kappa shape index (κ2) is 6.00. The molecule has 1 aromatic rings. The van der Waals surface area contributed by atoms with Crippen LogP contribution in [0.25, 0.3) is 0 Å². The average molecular weight is 322 g/mol. The monoisotopic (exact) mass is 322 g/mol. The van der Waals surface area contributed by atoms with Gasteiger partial charge in [0.05, 0.1) is 4.92 Å². The van der Waals surface area contributed by atoms with Gasteiger partial charge in [0.2, 0.25) is 0 Å². The van der Waals surface area contributed by atoms with Crippen LogP contribution in [0.4, 0.5) is 24.5 Å². The minimum Gasteiger partial charge on any atom is -0.382 e. The summed E-state index contributed by atoms with van der Waals surface area (Å²) in [4.78, 5) is 9.61. The van der Waals surface area contributed by atoms with Crippen LogP contribution in [0.1, 0.15) is 18.4 Å². The van der Waals surface area contributed by atoms with E-state index in [4.69, 9.17) is 0 Å². The minimum atomic E-state index is -4.78. The molecule has 5 nitrogen and oxygen atoms in total. The summed E-state index contributed by atoms with van der Waals surface area (Å²) in [5.41, 5.74) is -2.04. The minimum absolute atomic E-state index is 0.0646. The van der Waals surface area contributed by atoms with E-state index in [1.807, 2.05) is 0 Å². The van der Waals surface area contributed by atoms with Crippen LogP contribution in [-0.2, 0) is 17.0 Å². The lowest BCUT2D eigenvalue weighted by Gasteiger charge is -2.24. The fourth-order valence-electron chi connectivity index (χ4n) is 2.19. The van der Waals surface area contributed by atoms with Gasteiger partial charge in [0.25, 0.3) is 5.69 Å². The Morgan fingerprint density at radius 3 is 2.43 bits per heavy atom. The molecule has 0 saturated carbocycles. The van der Waals surface area contributed by atoms with Gasteiger partial charge < -0.3 is 5.32 Å². The molecule has 116 valence electrons. The van der Waals surface area contributed by atoms with Gasteiger partial charge in [-0.05, 0) is 25.0 Å². The third kappa shape index (κ3) is 3.93. The normalized spacial score (nSPS) is 22.8. The SMILES string of the molecule is O=[N+]([O-])c1ccc(NC2CCS(=O)CC2)cc1C(F)(F)F. The lowest BCUT2D eigenvalue weighted by atomic mass is 10.1. The van der Waals surface area contributed by atoms with E-state index >= 15 is 0 Å². The molecule has 0 aliphatic carbocycles. The Kier molecular flexibility index (Phi) is 4.50. The van der Waals surface area contributed by atoms with Crippen molar-refractivity contribution < 1.29 is 22.3 Å². The van der Waals surface area contributed by atoms with E-state index in [0.29, 0.717) is 24.3 Å². The summed E-state index contributed by atoms with van der Waals surface area (Å²) in [7, 11) is -0.857. The lowest BCUT2D eigenvalue weighted by Crippen LogP contribution is -2.29. The number of hydrogen-bond donors (Lipinski definition) is 1. The molecule has 0 aromatic heterocycles. The maximum Gasteiger partial charge on any atom is 0.423 e. The molecule has 1 saturated heterocycles. The third-order valence-corrected chi connectivity index (χ3v) is 4.64. The second-order valence-electron chi connectivity index (χ2n) is 4.75. The van der Waals surface area contributed by atoms with Crippen LogP contribution in [0.5, 0.6) is 0 Å². The largest absolute Gasteiger partial charge is 0.423 e. The van der Waals surface area contributed by atoms with E-state index in [-0.39, 0.29) is 11.7 Å². The van der Waals surface area contributed by atoms with Crippen molar-refractivity contribution in [2.24, 2.45) is 0 Å². The first-order valence-corrected chi connectivity index (χ1v) is 7.73. The number of nitrogens with zero attached hydrogens (tertiary/aromatic N) is 1. The summed E-state index contributed by atoms with van der Waals surface area (Å²) in [6, 6.07) is 2.81. The van der Waals surface area contributed by atoms with Crippen molar-refractivity contribution >= 4 is 22.2 Å². The fourth-order valence-corrected chi connectivity index (χ4v) is 3.48. The van der Waals surface area contributed by atoms with Gasteiger partial charge in [0, 0.05) is 40.1 Å². The van der Waals surface area contributed by atoms with Gasteiger partial charge >= 0.3 is 6.18 Å². The summed E-state index contributed by atoms with van der Waals surface area (Å²) in [5, 5.41) is 13.6. The van der Waals surface area contributed by atoms with E-state index < -0.39 is 33.2 Å². The highest BCUT2D eigenvalue weighted by Crippen LogP contribution is 2.37. The molecule has 1 aliphatic heterocycles. The van der Waals surface area contributed by atoms with Crippen molar-refractivity contribution in [3.63, 3.8) is 0 Å². The van der Waals surface area contributed by atoms with Crippen molar-refractivity contribution in [3.8, 4) is 0 Å². The predicted octanol–water partition coefficient (Wildman–Crippen LogP) is 2.94. The molecule has 9 heteroatoms. The summed E-state index contributed by atoms with van der Waals surface area (Å²) < 4.78 is 49.8. The van der Waals surface area contributed by atoms with Crippen LogP contribution in [0.15, 0.2) is 18.2 Å². The van der Waals surface area contributed by atoms with Crippen molar-refractivity contribution in [3.05, 3.63) is 33.9 Å². The quantitative estimate of drug-likeness (QED) is 0.686. The summed E-state index contributed by atoms with van der Waals surface area (Å²) in [6.07, 6.45) is -3.58. The number of benzene rings is 1. The van der Waals surface area contributed by atoms with Crippen LogP contribution in [0.3, 0.4) is 0 Å². The highest BCUT2D eigenvalue weighted by atomic mass is 32.2. The first kappa shape index (κ1) is 15.7. The summed E-state index contributed by atoms with van der Waals surface area (Å²) in [5.74, 6) is 1.02. The molecule has 21 heavy (non-hydrogen) atoms. The Morgan fingerprint density at radius 1 is 1.29 bits per heavy atom. The molecule has 0 spiro atoms. The highest BCUT2D eigenvalue weighted by Gasteiger charge is 2.38. The highest BCUT2D eigenvalue weighted by molar-refractivity contribution is 7.85. The topological polar surface area (TPSA) is 72.2 Å². The fraction of sp³-hybridized carbons (Fsp3) is 0.500. The van der Waals surface area contributed by atoms with Gasteiger partial charge in [0.15, 0.2) is 0 Å².